The third-order valence-corrected chi connectivity index (χ3v) is 3.00. The van der Waals surface area contributed by atoms with Crippen molar-refractivity contribution in [1.29, 1.82) is 0 Å². The Bertz CT molecular complexity index is 668. The van der Waals surface area contributed by atoms with E-state index in [9.17, 15) is 18.0 Å². The summed E-state index contributed by atoms with van der Waals surface area (Å²) in [6.07, 6.45) is -4.50. The third-order valence-electron chi connectivity index (χ3n) is 2.69. The molecule has 0 aliphatic carbocycles. The Balaban J connectivity index is 2.44. The zero-order valence-corrected chi connectivity index (χ0v) is 10.8. The van der Waals surface area contributed by atoms with Gasteiger partial charge in [0.15, 0.2) is 5.78 Å². The first-order valence-electron chi connectivity index (χ1n) is 5.56. The molecule has 2 nitrogen and oxygen atoms in total. The monoisotopic (exact) mass is 299 g/mol. The van der Waals surface area contributed by atoms with Crippen molar-refractivity contribution < 1.29 is 18.0 Å². The van der Waals surface area contributed by atoms with Crippen molar-refractivity contribution >= 4 is 23.1 Å². The van der Waals surface area contributed by atoms with Gasteiger partial charge in [-0.25, -0.2) is 0 Å². The maximum Gasteiger partial charge on any atom is 0.416 e. The molecular weight excluding hydrogens is 291 g/mol. The van der Waals surface area contributed by atoms with E-state index in [4.69, 9.17) is 17.3 Å². The van der Waals surface area contributed by atoms with Crippen LogP contribution in [-0.4, -0.2) is 5.78 Å². The van der Waals surface area contributed by atoms with Crippen LogP contribution in [-0.2, 0) is 6.18 Å². The predicted octanol–water partition coefficient (Wildman–Crippen LogP) is 4.17. The van der Waals surface area contributed by atoms with E-state index in [0.29, 0.717) is 5.69 Å². The number of anilines is 1. The van der Waals surface area contributed by atoms with Gasteiger partial charge in [-0.1, -0.05) is 23.7 Å². The summed E-state index contributed by atoms with van der Waals surface area (Å²) >= 11 is 5.88. The van der Waals surface area contributed by atoms with Crippen LogP contribution in [0.4, 0.5) is 18.9 Å². The Kier molecular flexibility index (Phi) is 3.72. The fraction of sp³-hybridized carbons (Fsp3) is 0.0714. The van der Waals surface area contributed by atoms with Crippen molar-refractivity contribution in [3.63, 3.8) is 0 Å². The van der Waals surface area contributed by atoms with E-state index in [1.165, 1.54) is 30.3 Å². The largest absolute Gasteiger partial charge is 0.416 e. The number of rotatable bonds is 2. The maximum absolute atomic E-state index is 12.6. The summed E-state index contributed by atoms with van der Waals surface area (Å²) in [6, 6.07) is 8.43. The van der Waals surface area contributed by atoms with Crippen LogP contribution in [0.3, 0.4) is 0 Å². The van der Waals surface area contributed by atoms with Crippen LogP contribution in [0.5, 0.6) is 0 Å². The lowest BCUT2D eigenvalue weighted by Crippen LogP contribution is -2.08. The normalized spacial score (nSPS) is 11.4. The van der Waals surface area contributed by atoms with Crippen LogP contribution in [0.1, 0.15) is 21.5 Å². The molecule has 2 N–H and O–H groups in total. The van der Waals surface area contributed by atoms with E-state index in [2.05, 4.69) is 0 Å². The molecule has 2 rings (SSSR count). The summed E-state index contributed by atoms with van der Waals surface area (Å²) < 4.78 is 37.8. The van der Waals surface area contributed by atoms with Crippen molar-refractivity contribution in [3.05, 3.63) is 64.2 Å². The number of halogens is 4. The van der Waals surface area contributed by atoms with Gasteiger partial charge in [0, 0.05) is 16.8 Å². The zero-order valence-electron chi connectivity index (χ0n) is 10.0. The van der Waals surface area contributed by atoms with Gasteiger partial charge in [0.1, 0.15) is 0 Å². The minimum atomic E-state index is -4.50. The lowest BCUT2D eigenvalue weighted by molar-refractivity contribution is -0.137. The average molecular weight is 300 g/mol. The van der Waals surface area contributed by atoms with Crippen LogP contribution >= 0.6 is 11.6 Å². The number of benzene rings is 2. The van der Waals surface area contributed by atoms with E-state index in [1.807, 2.05) is 0 Å². The average Bonchev–Trinajstić information content (AvgIpc) is 2.37. The molecule has 0 spiro atoms. The van der Waals surface area contributed by atoms with E-state index in [0.717, 1.165) is 12.1 Å². The summed E-state index contributed by atoms with van der Waals surface area (Å²) in [4.78, 5) is 12.2. The number of hydrogen-bond donors (Lipinski definition) is 1. The molecular formula is C14H9ClF3NO. The zero-order chi connectivity index (χ0) is 14.9. The molecule has 0 heterocycles. The number of ketones is 1. The number of carbonyl (C=O) groups is 1. The molecule has 0 aromatic heterocycles. The summed E-state index contributed by atoms with van der Waals surface area (Å²) in [6.45, 7) is 0. The van der Waals surface area contributed by atoms with Gasteiger partial charge in [0.2, 0.25) is 0 Å². The van der Waals surface area contributed by atoms with Crippen LogP contribution in [0, 0.1) is 0 Å². The first-order chi connectivity index (χ1) is 9.29. The number of alkyl halides is 3. The molecule has 0 saturated heterocycles. The van der Waals surface area contributed by atoms with E-state index in [-0.39, 0.29) is 16.1 Å². The highest BCUT2D eigenvalue weighted by molar-refractivity contribution is 6.35. The highest BCUT2D eigenvalue weighted by Crippen LogP contribution is 2.30. The Morgan fingerprint density at radius 1 is 1.10 bits per heavy atom. The molecule has 20 heavy (non-hydrogen) atoms. The standard InChI is InChI=1S/C14H9ClF3NO/c15-12-7-10(19)4-5-11(12)13(20)8-2-1-3-9(6-8)14(16,17)18/h1-7H,19H2. The fourth-order valence-corrected chi connectivity index (χ4v) is 1.98. The maximum atomic E-state index is 12.6. The van der Waals surface area contributed by atoms with E-state index >= 15 is 0 Å². The Morgan fingerprint density at radius 3 is 2.40 bits per heavy atom. The van der Waals surface area contributed by atoms with Crippen LogP contribution in [0.2, 0.25) is 5.02 Å². The van der Waals surface area contributed by atoms with E-state index in [1.54, 1.807) is 0 Å². The Morgan fingerprint density at radius 2 is 1.80 bits per heavy atom. The molecule has 0 amide bonds. The van der Waals surface area contributed by atoms with Gasteiger partial charge in [-0.2, -0.15) is 13.2 Å². The molecule has 0 bridgehead atoms. The first-order valence-corrected chi connectivity index (χ1v) is 5.94. The molecule has 2 aromatic rings. The highest BCUT2D eigenvalue weighted by atomic mass is 35.5. The van der Waals surface area contributed by atoms with Gasteiger partial charge in [-0.3, -0.25) is 4.79 Å². The van der Waals surface area contributed by atoms with Gasteiger partial charge in [-0.05, 0) is 30.3 Å². The van der Waals surface area contributed by atoms with Crippen LogP contribution in [0.15, 0.2) is 42.5 Å². The quantitative estimate of drug-likeness (QED) is 0.668. The number of carbonyl (C=O) groups excluding carboxylic acids is 1. The van der Waals surface area contributed by atoms with Crippen molar-refractivity contribution in [2.24, 2.45) is 0 Å². The molecule has 0 atom stereocenters. The lowest BCUT2D eigenvalue weighted by atomic mass is 10.0. The predicted molar refractivity (Wildman–Crippen MR) is 70.7 cm³/mol. The molecule has 0 unspecified atom stereocenters. The van der Waals surface area contributed by atoms with Crippen LogP contribution in [0.25, 0.3) is 0 Å². The lowest BCUT2D eigenvalue weighted by Gasteiger charge is -2.09. The summed E-state index contributed by atoms with van der Waals surface area (Å²) in [5.74, 6) is -0.582. The van der Waals surface area contributed by atoms with Crippen molar-refractivity contribution in [3.8, 4) is 0 Å². The molecule has 0 aliphatic heterocycles. The highest BCUT2D eigenvalue weighted by Gasteiger charge is 2.31. The molecule has 104 valence electrons. The smallest absolute Gasteiger partial charge is 0.399 e. The first kappa shape index (κ1) is 14.4. The molecule has 0 saturated carbocycles. The minimum absolute atomic E-state index is 0.0773. The van der Waals surface area contributed by atoms with E-state index < -0.39 is 17.5 Å². The fourth-order valence-electron chi connectivity index (χ4n) is 1.71. The van der Waals surface area contributed by atoms with Crippen molar-refractivity contribution in [1.82, 2.24) is 0 Å². The number of hydrogen-bond acceptors (Lipinski definition) is 2. The summed E-state index contributed by atoms with van der Waals surface area (Å²) in [5.41, 5.74) is 5.03. The molecule has 0 aliphatic rings. The number of nitrogen functional groups attached to an aromatic ring is 1. The molecule has 0 fully saturated rings. The van der Waals surface area contributed by atoms with Gasteiger partial charge < -0.3 is 5.73 Å². The second-order valence-electron chi connectivity index (χ2n) is 4.15. The molecule has 2 aromatic carbocycles. The second kappa shape index (κ2) is 5.17. The van der Waals surface area contributed by atoms with Crippen molar-refractivity contribution in [2.45, 2.75) is 6.18 Å². The third kappa shape index (κ3) is 2.93. The van der Waals surface area contributed by atoms with Crippen LogP contribution < -0.4 is 5.73 Å². The van der Waals surface area contributed by atoms with Gasteiger partial charge in [0.25, 0.3) is 0 Å². The Labute approximate surface area is 118 Å². The van der Waals surface area contributed by atoms with Gasteiger partial charge >= 0.3 is 6.18 Å². The summed E-state index contributed by atoms with van der Waals surface area (Å²) in [5, 5.41) is 0.104. The van der Waals surface area contributed by atoms with Gasteiger partial charge in [-0.15, -0.1) is 0 Å². The summed E-state index contributed by atoms with van der Waals surface area (Å²) in [7, 11) is 0. The second-order valence-corrected chi connectivity index (χ2v) is 4.55. The van der Waals surface area contributed by atoms with Gasteiger partial charge in [0.05, 0.1) is 10.6 Å². The van der Waals surface area contributed by atoms with Crippen molar-refractivity contribution in [2.75, 3.05) is 5.73 Å². The SMILES string of the molecule is Nc1ccc(C(=O)c2cccc(C(F)(F)F)c2)c(Cl)c1. The molecule has 6 heteroatoms. The number of nitrogens with two attached hydrogens (primary N) is 1. The Hall–Kier alpha value is -2.01. The topological polar surface area (TPSA) is 43.1 Å². The minimum Gasteiger partial charge on any atom is -0.399 e. The molecule has 0 radical (unpaired) electrons.